The van der Waals surface area contributed by atoms with Crippen LogP contribution < -0.4 is 10.6 Å². The summed E-state index contributed by atoms with van der Waals surface area (Å²) in [5.74, 6) is 1.22. The third-order valence-electron chi connectivity index (χ3n) is 3.89. The molecular formula is C15H20N4O2S. The number of amides is 2. The third kappa shape index (κ3) is 2.85. The lowest BCUT2D eigenvalue weighted by molar-refractivity contribution is 0.247. The first-order chi connectivity index (χ1) is 10.3. The number of hydrogen-bond donors (Lipinski definition) is 2. The number of nitrogens with one attached hydrogen (secondary N) is 2. The predicted octanol–water partition coefficient (Wildman–Crippen LogP) is 3.55. The third-order valence-corrected chi connectivity index (χ3v) is 4.92. The van der Waals surface area contributed by atoms with Crippen LogP contribution in [0, 0.1) is 6.92 Å². The summed E-state index contributed by atoms with van der Waals surface area (Å²) in [5, 5.41) is 6.25. The first kappa shape index (κ1) is 15.0. The molecule has 1 atom stereocenters. The van der Waals surface area contributed by atoms with E-state index in [1.165, 1.54) is 4.88 Å². The Morgan fingerprint density at radius 1 is 1.50 bits per heavy atom. The summed E-state index contributed by atoms with van der Waals surface area (Å²) < 4.78 is 5.41. The lowest BCUT2D eigenvalue weighted by Gasteiger charge is -2.15. The molecule has 0 aliphatic heterocycles. The molecule has 1 aliphatic rings. The van der Waals surface area contributed by atoms with Crippen molar-refractivity contribution in [3.63, 3.8) is 0 Å². The maximum absolute atomic E-state index is 12.1. The highest BCUT2D eigenvalue weighted by Crippen LogP contribution is 2.42. The SMILES string of the molecule is Cc1cnc(C(C)NC(=O)Nc2nc3c(s2)CCC3(C)C)o1. The molecule has 2 heterocycles. The number of anilines is 1. The van der Waals surface area contributed by atoms with E-state index in [1.807, 2.05) is 13.8 Å². The van der Waals surface area contributed by atoms with Crippen molar-refractivity contribution in [2.45, 2.75) is 52.0 Å². The number of carbonyl (C=O) groups excluding carboxylic acids is 1. The Morgan fingerprint density at radius 2 is 2.27 bits per heavy atom. The molecule has 6 nitrogen and oxygen atoms in total. The van der Waals surface area contributed by atoms with Crippen LogP contribution in [0.1, 0.15) is 55.5 Å². The van der Waals surface area contributed by atoms with Crippen LogP contribution in [-0.2, 0) is 11.8 Å². The zero-order chi connectivity index (χ0) is 15.9. The maximum Gasteiger partial charge on any atom is 0.321 e. The van der Waals surface area contributed by atoms with E-state index < -0.39 is 0 Å². The zero-order valence-corrected chi connectivity index (χ0v) is 14.0. The number of thiazole rings is 1. The van der Waals surface area contributed by atoms with Crippen molar-refractivity contribution in [1.82, 2.24) is 15.3 Å². The van der Waals surface area contributed by atoms with E-state index >= 15 is 0 Å². The number of fused-ring (bicyclic) bond motifs is 1. The molecule has 1 unspecified atom stereocenters. The lowest BCUT2D eigenvalue weighted by Crippen LogP contribution is -2.31. The minimum absolute atomic E-state index is 0.102. The van der Waals surface area contributed by atoms with Crippen LogP contribution in [0.2, 0.25) is 0 Å². The summed E-state index contributed by atoms with van der Waals surface area (Å²) in [5.41, 5.74) is 1.22. The van der Waals surface area contributed by atoms with E-state index in [9.17, 15) is 4.79 Å². The molecule has 0 saturated carbocycles. The van der Waals surface area contributed by atoms with Gasteiger partial charge in [-0.1, -0.05) is 13.8 Å². The molecule has 2 amide bonds. The Balaban J connectivity index is 1.63. The highest BCUT2D eigenvalue weighted by atomic mass is 32.1. The van der Waals surface area contributed by atoms with Gasteiger partial charge in [-0.15, -0.1) is 11.3 Å². The Labute approximate surface area is 133 Å². The summed E-state index contributed by atoms with van der Waals surface area (Å²) in [6.45, 7) is 8.03. The van der Waals surface area contributed by atoms with Crippen molar-refractivity contribution in [3.8, 4) is 0 Å². The van der Waals surface area contributed by atoms with Crippen LogP contribution in [0.5, 0.6) is 0 Å². The van der Waals surface area contributed by atoms with E-state index in [2.05, 4.69) is 34.4 Å². The Morgan fingerprint density at radius 3 is 2.91 bits per heavy atom. The van der Waals surface area contributed by atoms with Crippen molar-refractivity contribution >= 4 is 22.5 Å². The average Bonchev–Trinajstić information content (AvgIpc) is 3.08. The standard InChI is InChI=1S/C15H20N4O2S/c1-8-7-16-12(21-8)9(2)17-13(20)19-14-18-11-10(22-14)5-6-15(11,3)4/h7,9H,5-6H2,1-4H3,(H2,17,18,19,20). The number of aromatic nitrogens is 2. The van der Waals surface area contributed by atoms with Crippen molar-refractivity contribution in [2.75, 3.05) is 5.32 Å². The molecule has 0 spiro atoms. The highest BCUT2D eigenvalue weighted by molar-refractivity contribution is 7.16. The molecule has 1 aliphatic carbocycles. The van der Waals surface area contributed by atoms with Crippen molar-refractivity contribution in [3.05, 3.63) is 28.4 Å². The fraction of sp³-hybridized carbons (Fsp3) is 0.533. The van der Waals surface area contributed by atoms with Gasteiger partial charge in [0.15, 0.2) is 5.13 Å². The minimum Gasteiger partial charge on any atom is -0.444 e. The van der Waals surface area contributed by atoms with Crippen LogP contribution in [0.4, 0.5) is 9.93 Å². The predicted molar refractivity (Wildman–Crippen MR) is 85.3 cm³/mol. The Kier molecular flexibility index (Phi) is 3.68. The van der Waals surface area contributed by atoms with Gasteiger partial charge in [-0.05, 0) is 26.7 Å². The topological polar surface area (TPSA) is 80.0 Å². The first-order valence-electron chi connectivity index (χ1n) is 7.35. The first-order valence-corrected chi connectivity index (χ1v) is 8.17. The summed E-state index contributed by atoms with van der Waals surface area (Å²) in [7, 11) is 0. The maximum atomic E-state index is 12.1. The Bertz CT molecular complexity index is 704. The van der Waals surface area contributed by atoms with Gasteiger partial charge in [-0.3, -0.25) is 5.32 Å². The van der Waals surface area contributed by atoms with Crippen molar-refractivity contribution in [2.24, 2.45) is 0 Å². The van der Waals surface area contributed by atoms with Crippen LogP contribution in [-0.4, -0.2) is 16.0 Å². The largest absolute Gasteiger partial charge is 0.444 e. The van der Waals surface area contributed by atoms with Gasteiger partial charge in [0, 0.05) is 10.3 Å². The van der Waals surface area contributed by atoms with E-state index in [0.29, 0.717) is 11.0 Å². The van der Waals surface area contributed by atoms with Crippen LogP contribution in [0.25, 0.3) is 0 Å². The molecule has 7 heteroatoms. The van der Waals surface area contributed by atoms with Gasteiger partial charge >= 0.3 is 6.03 Å². The fourth-order valence-electron chi connectivity index (χ4n) is 2.61. The zero-order valence-electron chi connectivity index (χ0n) is 13.2. The van der Waals surface area contributed by atoms with Gasteiger partial charge in [0.05, 0.1) is 11.9 Å². The fourth-order valence-corrected chi connectivity index (χ4v) is 3.75. The minimum atomic E-state index is -0.298. The molecule has 2 aromatic rings. The molecule has 118 valence electrons. The number of urea groups is 1. The van der Waals surface area contributed by atoms with E-state index in [1.54, 1.807) is 17.5 Å². The molecule has 3 rings (SSSR count). The molecule has 2 N–H and O–H groups in total. The van der Waals surface area contributed by atoms with Gasteiger partial charge in [0.1, 0.15) is 11.8 Å². The molecule has 0 fully saturated rings. The second kappa shape index (κ2) is 5.39. The molecule has 0 radical (unpaired) electrons. The van der Waals surface area contributed by atoms with E-state index in [0.717, 1.165) is 24.3 Å². The number of rotatable bonds is 3. The highest BCUT2D eigenvalue weighted by Gasteiger charge is 2.34. The van der Waals surface area contributed by atoms with Gasteiger partial charge < -0.3 is 9.73 Å². The number of hydrogen-bond acceptors (Lipinski definition) is 5. The monoisotopic (exact) mass is 320 g/mol. The molecule has 0 saturated heterocycles. The van der Waals surface area contributed by atoms with Gasteiger partial charge in [-0.2, -0.15) is 0 Å². The van der Waals surface area contributed by atoms with Crippen LogP contribution in [0.3, 0.4) is 0 Å². The molecule has 0 aromatic carbocycles. The molecule has 0 bridgehead atoms. The van der Waals surface area contributed by atoms with Gasteiger partial charge in [0.2, 0.25) is 5.89 Å². The molecular weight excluding hydrogens is 300 g/mol. The number of oxazole rings is 1. The molecule has 2 aromatic heterocycles. The van der Waals surface area contributed by atoms with Gasteiger partial charge in [0.25, 0.3) is 0 Å². The number of aryl methyl sites for hydroxylation is 2. The second-order valence-electron chi connectivity index (χ2n) is 6.30. The summed E-state index contributed by atoms with van der Waals surface area (Å²) in [4.78, 5) is 22.0. The number of carbonyl (C=O) groups is 1. The second-order valence-corrected chi connectivity index (χ2v) is 7.39. The Hall–Kier alpha value is -1.89. The quantitative estimate of drug-likeness (QED) is 0.906. The van der Waals surface area contributed by atoms with Gasteiger partial charge in [-0.25, -0.2) is 14.8 Å². The van der Waals surface area contributed by atoms with E-state index in [4.69, 9.17) is 4.42 Å². The smallest absolute Gasteiger partial charge is 0.321 e. The van der Waals surface area contributed by atoms with Crippen LogP contribution >= 0.6 is 11.3 Å². The lowest BCUT2D eigenvalue weighted by atomic mass is 9.91. The van der Waals surface area contributed by atoms with E-state index in [-0.39, 0.29) is 17.5 Å². The van der Waals surface area contributed by atoms with Crippen molar-refractivity contribution < 1.29 is 9.21 Å². The number of nitrogens with zero attached hydrogens (tertiary/aromatic N) is 2. The summed E-state index contributed by atoms with van der Waals surface area (Å²) in [6, 6.07) is -0.592. The molecule has 22 heavy (non-hydrogen) atoms. The van der Waals surface area contributed by atoms with Crippen molar-refractivity contribution in [1.29, 1.82) is 0 Å². The normalized spacial score (nSPS) is 17.1. The summed E-state index contributed by atoms with van der Waals surface area (Å²) in [6.07, 6.45) is 3.79. The van der Waals surface area contributed by atoms with Crippen LogP contribution in [0.15, 0.2) is 10.6 Å². The average molecular weight is 320 g/mol. The summed E-state index contributed by atoms with van der Waals surface area (Å²) >= 11 is 1.56.